The highest BCUT2D eigenvalue weighted by molar-refractivity contribution is 7.92. The molecule has 1 amide bonds. The van der Waals surface area contributed by atoms with Crippen molar-refractivity contribution in [3.05, 3.63) is 89.5 Å². The van der Waals surface area contributed by atoms with Crippen molar-refractivity contribution in [3.63, 3.8) is 0 Å². The van der Waals surface area contributed by atoms with Crippen molar-refractivity contribution in [1.82, 2.24) is 5.43 Å². The highest BCUT2D eigenvalue weighted by Gasteiger charge is 2.27. The van der Waals surface area contributed by atoms with Crippen LogP contribution in [0.2, 0.25) is 0 Å². The first-order chi connectivity index (χ1) is 18.3. The molecular formula is C29H33N3O6S. The summed E-state index contributed by atoms with van der Waals surface area (Å²) >= 11 is 0. The van der Waals surface area contributed by atoms with Crippen LogP contribution in [0.25, 0.3) is 0 Å². The Balaban J connectivity index is 1.66. The molecule has 3 aromatic rings. The van der Waals surface area contributed by atoms with Gasteiger partial charge in [0.25, 0.3) is 15.9 Å². The SMILES string of the molecule is Cc1cc(C)cc(N(CC(=O)N/N=C\c2ccc(OCC(=O)OC(C)(C)C)cc2)S(=O)(=O)c2ccccc2)c1. The summed E-state index contributed by atoms with van der Waals surface area (Å²) in [7, 11) is -4.01. The standard InChI is InChI=1S/C29H33N3O6S/c1-21-15-22(2)17-24(16-21)32(39(35,36)26-9-7-6-8-10-26)19-27(33)31-30-18-23-11-13-25(14-12-23)37-20-28(34)38-29(3,4)5/h6-18H,19-20H2,1-5H3,(H,31,33)/b30-18-. The van der Waals surface area contributed by atoms with E-state index in [-0.39, 0.29) is 11.5 Å². The molecule has 10 heteroatoms. The van der Waals surface area contributed by atoms with Crippen molar-refractivity contribution in [1.29, 1.82) is 0 Å². The van der Waals surface area contributed by atoms with E-state index in [4.69, 9.17) is 9.47 Å². The van der Waals surface area contributed by atoms with Crippen LogP contribution in [-0.4, -0.2) is 45.3 Å². The van der Waals surface area contributed by atoms with Crippen molar-refractivity contribution < 1.29 is 27.5 Å². The summed E-state index contributed by atoms with van der Waals surface area (Å²) < 4.78 is 38.6. The van der Waals surface area contributed by atoms with Crippen LogP contribution >= 0.6 is 0 Å². The monoisotopic (exact) mass is 551 g/mol. The van der Waals surface area contributed by atoms with Crippen LogP contribution in [0.15, 0.2) is 82.8 Å². The maximum Gasteiger partial charge on any atom is 0.344 e. The summed E-state index contributed by atoms with van der Waals surface area (Å²) in [6.45, 7) is 8.38. The summed E-state index contributed by atoms with van der Waals surface area (Å²) in [5.41, 5.74) is 4.59. The van der Waals surface area contributed by atoms with E-state index in [0.717, 1.165) is 15.4 Å². The third kappa shape index (κ3) is 8.96. The minimum Gasteiger partial charge on any atom is -0.482 e. The Morgan fingerprint density at radius 1 is 0.949 bits per heavy atom. The van der Waals surface area contributed by atoms with Gasteiger partial charge in [-0.2, -0.15) is 5.10 Å². The average Bonchev–Trinajstić information content (AvgIpc) is 2.85. The summed E-state index contributed by atoms with van der Waals surface area (Å²) in [6, 6.07) is 20.0. The van der Waals surface area contributed by atoms with Gasteiger partial charge in [-0.25, -0.2) is 18.6 Å². The summed E-state index contributed by atoms with van der Waals surface area (Å²) in [4.78, 5) is 24.6. The van der Waals surface area contributed by atoms with Crippen LogP contribution in [0.4, 0.5) is 5.69 Å². The average molecular weight is 552 g/mol. The number of hydrogen-bond acceptors (Lipinski definition) is 7. The van der Waals surface area contributed by atoms with Crippen molar-refractivity contribution >= 4 is 33.8 Å². The van der Waals surface area contributed by atoms with Crippen LogP contribution in [0, 0.1) is 13.8 Å². The van der Waals surface area contributed by atoms with Gasteiger partial charge in [-0.05, 0) is 99.8 Å². The molecule has 0 saturated heterocycles. The van der Waals surface area contributed by atoms with E-state index in [1.807, 2.05) is 19.9 Å². The zero-order valence-corrected chi connectivity index (χ0v) is 23.5. The number of nitrogens with zero attached hydrogens (tertiary/aromatic N) is 2. The second-order valence-corrected chi connectivity index (χ2v) is 11.8. The van der Waals surface area contributed by atoms with Gasteiger partial charge in [0.05, 0.1) is 16.8 Å². The Morgan fingerprint density at radius 3 is 2.15 bits per heavy atom. The lowest BCUT2D eigenvalue weighted by atomic mass is 10.1. The van der Waals surface area contributed by atoms with Gasteiger partial charge >= 0.3 is 5.97 Å². The molecule has 0 heterocycles. The third-order valence-electron chi connectivity index (χ3n) is 5.17. The zero-order chi connectivity index (χ0) is 28.6. The molecular weight excluding hydrogens is 518 g/mol. The van der Waals surface area contributed by atoms with E-state index in [0.29, 0.717) is 17.0 Å². The number of hydrazone groups is 1. The van der Waals surface area contributed by atoms with Crippen LogP contribution < -0.4 is 14.5 Å². The molecule has 0 radical (unpaired) electrons. The van der Waals surface area contributed by atoms with E-state index in [2.05, 4.69) is 10.5 Å². The fraction of sp³-hybridized carbons (Fsp3) is 0.276. The number of aryl methyl sites for hydroxylation is 2. The number of benzene rings is 3. The normalized spacial score (nSPS) is 11.7. The maximum absolute atomic E-state index is 13.4. The van der Waals surface area contributed by atoms with Gasteiger partial charge in [0, 0.05) is 0 Å². The van der Waals surface area contributed by atoms with Crippen molar-refractivity contribution in [2.75, 3.05) is 17.5 Å². The maximum atomic E-state index is 13.4. The number of carbonyl (C=O) groups excluding carboxylic acids is 2. The van der Waals surface area contributed by atoms with Crippen LogP contribution in [-0.2, 0) is 24.3 Å². The number of carbonyl (C=O) groups is 2. The van der Waals surface area contributed by atoms with E-state index in [1.165, 1.54) is 18.3 Å². The second-order valence-electron chi connectivity index (χ2n) is 9.91. The van der Waals surface area contributed by atoms with Crippen molar-refractivity contribution in [3.8, 4) is 5.75 Å². The predicted octanol–water partition coefficient (Wildman–Crippen LogP) is 4.37. The molecule has 0 spiro atoms. The number of amides is 1. The van der Waals surface area contributed by atoms with Gasteiger partial charge in [0.2, 0.25) is 0 Å². The fourth-order valence-electron chi connectivity index (χ4n) is 3.64. The molecule has 1 N–H and O–H groups in total. The number of anilines is 1. The lowest BCUT2D eigenvalue weighted by Gasteiger charge is -2.24. The minimum absolute atomic E-state index is 0.0782. The molecule has 0 fully saturated rings. The summed E-state index contributed by atoms with van der Waals surface area (Å²) in [6.07, 6.45) is 1.42. The molecule has 0 aliphatic heterocycles. The summed E-state index contributed by atoms with van der Waals surface area (Å²) in [5, 5.41) is 3.96. The van der Waals surface area contributed by atoms with Crippen LogP contribution in [0.5, 0.6) is 5.75 Å². The van der Waals surface area contributed by atoms with Crippen LogP contribution in [0.1, 0.15) is 37.5 Å². The molecule has 3 rings (SSSR count). The molecule has 206 valence electrons. The number of hydrogen-bond donors (Lipinski definition) is 1. The molecule has 9 nitrogen and oxygen atoms in total. The largest absolute Gasteiger partial charge is 0.482 e. The molecule has 0 aromatic heterocycles. The molecule has 0 atom stereocenters. The Kier molecular flexibility index (Phi) is 9.47. The molecule has 3 aromatic carbocycles. The van der Waals surface area contributed by atoms with Gasteiger partial charge in [0.1, 0.15) is 17.9 Å². The zero-order valence-electron chi connectivity index (χ0n) is 22.7. The third-order valence-corrected chi connectivity index (χ3v) is 6.96. The van der Waals surface area contributed by atoms with E-state index < -0.39 is 34.0 Å². The molecule has 0 aliphatic rings. The Labute approximate surface area is 229 Å². The highest BCUT2D eigenvalue weighted by Crippen LogP contribution is 2.25. The van der Waals surface area contributed by atoms with Gasteiger partial charge in [0.15, 0.2) is 6.61 Å². The fourth-order valence-corrected chi connectivity index (χ4v) is 5.06. The Bertz CT molecular complexity index is 1410. The van der Waals surface area contributed by atoms with Crippen LogP contribution in [0.3, 0.4) is 0 Å². The van der Waals surface area contributed by atoms with Gasteiger partial charge in [-0.1, -0.05) is 24.3 Å². The first-order valence-electron chi connectivity index (χ1n) is 12.3. The number of esters is 1. The lowest BCUT2D eigenvalue weighted by molar-refractivity contribution is -0.157. The summed E-state index contributed by atoms with van der Waals surface area (Å²) in [5.74, 6) is -0.612. The van der Waals surface area contributed by atoms with Crippen molar-refractivity contribution in [2.45, 2.75) is 45.1 Å². The molecule has 39 heavy (non-hydrogen) atoms. The molecule has 0 aliphatic carbocycles. The van der Waals surface area contributed by atoms with Crippen molar-refractivity contribution in [2.24, 2.45) is 5.10 Å². The Morgan fingerprint density at radius 2 is 1.56 bits per heavy atom. The number of sulfonamides is 1. The lowest BCUT2D eigenvalue weighted by Crippen LogP contribution is -2.39. The first kappa shape index (κ1) is 29.4. The second kappa shape index (κ2) is 12.6. The molecule has 0 unspecified atom stereocenters. The molecule has 0 saturated carbocycles. The van der Waals surface area contributed by atoms with E-state index in [9.17, 15) is 18.0 Å². The van der Waals surface area contributed by atoms with E-state index >= 15 is 0 Å². The van der Waals surface area contributed by atoms with Gasteiger partial charge in [-0.15, -0.1) is 0 Å². The van der Waals surface area contributed by atoms with Gasteiger partial charge in [-0.3, -0.25) is 9.10 Å². The Hall–Kier alpha value is -4.18. The topological polar surface area (TPSA) is 114 Å². The molecule has 0 bridgehead atoms. The van der Waals surface area contributed by atoms with Gasteiger partial charge < -0.3 is 9.47 Å². The van der Waals surface area contributed by atoms with E-state index in [1.54, 1.807) is 75.4 Å². The number of ether oxygens (including phenoxy) is 2. The first-order valence-corrected chi connectivity index (χ1v) is 13.7. The smallest absolute Gasteiger partial charge is 0.344 e. The number of nitrogens with one attached hydrogen (secondary N) is 1. The number of rotatable bonds is 10. The quantitative estimate of drug-likeness (QED) is 0.227. The highest BCUT2D eigenvalue weighted by atomic mass is 32.2. The minimum atomic E-state index is -4.01. The predicted molar refractivity (Wildman–Crippen MR) is 150 cm³/mol.